The van der Waals surface area contributed by atoms with Crippen LogP contribution in [0.15, 0.2) is 41.5 Å². The van der Waals surface area contributed by atoms with Crippen LogP contribution in [0.4, 0.5) is 0 Å². The number of aryl methyl sites for hydroxylation is 1. The van der Waals surface area contributed by atoms with Gasteiger partial charge in [-0.05, 0) is 17.7 Å². The first kappa shape index (κ1) is 11.6. The van der Waals surface area contributed by atoms with Crippen LogP contribution in [0.5, 0.6) is 0 Å². The molecule has 0 aliphatic carbocycles. The molecule has 1 aromatic heterocycles. The van der Waals surface area contributed by atoms with Crippen molar-refractivity contribution in [2.45, 2.75) is 6.54 Å². The molecule has 0 aliphatic rings. The van der Waals surface area contributed by atoms with Crippen molar-refractivity contribution in [3.05, 3.63) is 52.7 Å². The van der Waals surface area contributed by atoms with E-state index in [1.54, 1.807) is 35.7 Å². The summed E-state index contributed by atoms with van der Waals surface area (Å²) in [5.41, 5.74) is 4.63. The fraction of sp³-hybridized carbons (Fsp3) is 0.250. The summed E-state index contributed by atoms with van der Waals surface area (Å²) < 4.78 is 3.15. The molecule has 0 spiro atoms. The minimum atomic E-state index is -0.0538. The molecule has 17 heavy (non-hydrogen) atoms. The fourth-order valence-corrected chi connectivity index (χ4v) is 1.63. The second-order valence-electron chi connectivity index (χ2n) is 3.76. The molecule has 0 bridgehead atoms. The summed E-state index contributed by atoms with van der Waals surface area (Å²) in [6, 6.07) is 7.75. The number of benzene rings is 1. The monoisotopic (exact) mass is 233 g/mol. The largest absolute Gasteiger partial charge is 0.332 e. The molecule has 90 valence electrons. The van der Waals surface area contributed by atoms with Crippen molar-refractivity contribution in [1.29, 1.82) is 0 Å². The van der Waals surface area contributed by atoms with Gasteiger partial charge < -0.3 is 9.40 Å². The van der Waals surface area contributed by atoms with Crippen LogP contribution < -0.4 is 11.2 Å². The number of imidazole rings is 1. The normalized spacial score (nSPS) is 10.7. The summed E-state index contributed by atoms with van der Waals surface area (Å²) in [5.74, 6) is 0. The Morgan fingerprint density at radius 2 is 2.18 bits per heavy atom. The van der Waals surface area contributed by atoms with Crippen molar-refractivity contribution in [3.8, 4) is 5.69 Å². The zero-order valence-electron chi connectivity index (χ0n) is 9.88. The lowest BCUT2D eigenvalue weighted by Gasteiger charge is -2.05. The van der Waals surface area contributed by atoms with Crippen molar-refractivity contribution >= 4 is 0 Å². The Morgan fingerprint density at radius 1 is 1.35 bits per heavy atom. The number of aromatic nitrogens is 2. The second kappa shape index (κ2) is 4.99. The predicted molar refractivity (Wildman–Crippen MR) is 64.9 cm³/mol. The number of hydrogen-bond acceptors (Lipinski definition) is 3. The predicted octanol–water partition coefficient (Wildman–Crippen LogP) is 0.827. The maximum absolute atomic E-state index is 11.8. The minimum absolute atomic E-state index is 0.0538. The Bertz CT molecular complexity index is 557. The molecule has 0 amide bonds. The van der Waals surface area contributed by atoms with Crippen molar-refractivity contribution in [2.75, 3.05) is 7.11 Å². The molecule has 0 atom stereocenters. The Kier molecular flexibility index (Phi) is 3.41. The lowest BCUT2D eigenvalue weighted by atomic mass is 10.2. The maximum atomic E-state index is 11.8. The van der Waals surface area contributed by atoms with Crippen LogP contribution in [-0.4, -0.2) is 16.2 Å². The van der Waals surface area contributed by atoms with Crippen LogP contribution in [0.25, 0.3) is 5.69 Å². The molecule has 0 saturated heterocycles. The molecule has 0 aliphatic heterocycles. The van der Waals surface area contributed by atoms with E-state index in [2.05, 4.69) is 5.48 Å². The summed E-state index contributed by atoms with van der Waals surface area (Å²) in [6.07, 6.45) is 3.49. The summed E-state index contributed by atoms with van der Waals surface area (Å²) in [4.78, 5) is 16.6. The third-order valence-corrected chi connectivity index (χ3v) is 2.56. The van der Waals surface area contributed by atoms with Gasteiger partial charge >= 0.3 is 5.69 Å². The molecule has 1 N–H and O–H groups in total. The number of rotatable bonds is 4. The molecule has 1 aromatic carbocycles. The van der Waals surface area contributed by atoms with Crippen LogP contribution in [0, 0.1) is 0 Å². The highest BCUT2D eigenvalue weighted by Gasteiger charge is 2.03. The third-order valence-electron chi connectivity index (χ3n) is 2.56. The molecule has 5 heteroatoms. The van der Waals surface area contributed by atoms with Crippen LogP contribution in [0.3, 0.4) is 0 Å². The fourth-order valence-electron chi connectivity index (χ4n) is 1.63. The zero-order chi connectivity index (χ0) is 12.3. The van der Waals surface area contributed by atoms with Gasteiger partial charge in [-0.25, -0.2) is 4.79 Å². The van der Waals surface area contributed by atoms with Gasteiger partial charge in [-0.1, -0.05) is 12.1 Å². The van der Waals surface area contributed by atoms with Gasteiger partial charge in [-0.2, -0.15) is 5.48 Å². The van der Waals surface area contributed by atoms with E-state index in [0.29, 0.717) is 6.54 Å². The molecular weight excluding hydrogens is 218 g/mol. The van der Waals surface area contributed by atoms with Crippen LogP contribution in [-0.2, 0) is 18.4 Å². The van der Waals surface area contributed by atoms with E-state index >= 15 is 0 Å². The number of hydroxylamine groups is 1. The lowest BCUT2D eigenvalue weighted by molar-refractivity contribution is 0.0867. The van der Waals surface area contributed by atoms with E-state index in [1.807, 2.05) is 24.3 Å². The third kappa shape index (κ3) is 2.46. The van der Waals surface area contributed by atoms with Gasteiger partial charge in [0.05, 0.1) is 12.8 Å². The lowest BCUT2D eigenvalue weighted by Crippen LogP contribution is -2.20. The van der Waals surface area contributed by atoms with Gasteiger partial charge in [0.25, 0.3) is 0 Å². The van der Waals surface area contributed by atoms with E-state index in [-0.39, 0.29) is 5.69 Å². The van der Waals surface area contributed by atoms with E-state index in [1.165, 1.54) is 0 Å². The minimum Gasteiger partial charge on any atom is -0.305 e. The number of hydrogen-bond donors (Lipinski definition) is 1. The van der Waals surface area contributed by atoms with Gasteiger partial charge in [-0.3, -0.25) is 4.57 Å². The first-order valence-electron chi connectivity index (χ1n) is 5.31. The van der Waals surface area contributed by atoms with Crippen molar-refractivity contribution in [2.24, 2.45) is 7.05 Å². The first-order valence-corrected chi connectivity index (χ1v) is 5.31. The Hall–Kier alpha value is -1.85. The SMILES string of the molecule is CONCc1cccc(-n2ccn(C)c2=O)c1. The highest BCUT2D eigenvalue weighted by Crippen LogP contribution is 2.08. The highest BCUT2D eigenvalue weighted by molar-refractivity contribution is 5.35. The topological polar surface area (TPSA) is 48.2 Å². The van der Waals surface area contributed by atoms with Gasteiger partial charge in [0.15, 0.2) is 0 Å². The quantitative estimate of drug-likeness (QED) is 0.796. The van der Waals surface area contributed by atoms with E-state index in [4.69, 9.17) is 4.84 Å². The van der Waals surface area contributed by atoms with Gasteiger partial charge in [0, 0.05) is 26.0 Å². The Morgan fingerprint density at radius 3 is 2.82 bits per heavy atom. The first-order chi connectivity index (χ1) is 8.22. The van der Waals surface area contributed by atoms with E-state index < -0.39 is 0 Å². The number of nitrogens with zero attached hydrogens (tertiary/aromatic N) is 2. The van der Waals surface area contributed by atoms with Gasteiger partial charge in [0.2, 0.25) is 0 Å². The molecule has 1 heterocycles. The average molecular weight is 233 g/mol. The van der Waals surface area contributed by atoms with Gasteiger partial charge in [-0.15, -0.1) is 0 Å². The molecule has 0 saturated carbocycles. The Balaban J connectivity index is 2.33. The molecule has 2 aromatic rings. The summed E-state index contributed by atoms with van der Waals surface area (Å²) in [6.45, 7) is 0.603. The number of nitrogens with one attached hydrogen (secondary N) is 1. The van der Waals surface area contributed by atoms with Crippen LogP contribution >= 0.6 is 0 Å². The molecule has 0 radical (unpaired) electrons. The van der Waals surface area contributed by atoms with Crippen molar-refractivity contribution in [1.82, 2.24) is 14.6 Å². The average Bonchev–Trinajstić information content (AvgIpc) is 2.68. The van der Waals surface area contributed by atoms with Gasteiger partial charge in [0.1, 0.15) is 0 Å². The van der Waals surface area contributed by atoms with Crippen LogP contribution in [0.1, 0.15) is 5.56 Å². The summed E-state index contributed by atoms with van der Waals surface area (Å²) >= 11 is 0. The summed E-state index contributed by atoms with van der Waals surface area (Å²) in [7, 11) is 3.31. The standard InChI is InChI=1S/C12H15N3O2/c1-14-6-7-15(12(14)16)11-5-3-4-10(8-11)9-13-17-2/h3-8,13H,9H2,1-2H3. The molecule has 5 nitrogen and oxygen atoms in total. The van der Waals surface area contributed by atoms with E-state index in [9.17, 15) is 4.79 Å². The summed E-state index contributed by atoms with van der Waals surface area (Å²) in [5, 5.41) is 0. The maximum Gasteiger partial charge on any atom is 0.332 e. The van der Waals surface area contributed by atoms with Crippen LogP contribution in [0.2, 0.25) is 0 Å². The smallest absolute Gasteiger partial charge is 0.305 e. The van der Waals surface area contributed by atoms with Crippen molar-refractivity contribution in [3.63, 3.8) is 0 Å². The second-order valence-corrected chi connectivity index (χ2v) is 3.76. The highest BCUT2D eigenvalue weighted by atomic mass is 16.6. The van der Waals surface area contributed by atoms with Crippen molar-refractivity contribution < 1.29 is 4.84 Å². The molecule has 0 unspecified atom stereocenters. The Labute approximate surface area is 99.2 Å². The molecular formula is C12H15N3O2. The molecule has 0 fully saturated rings. The van der Waals surface area contributed by atoms with E-state index in [0.717, 1.165) is 11.3 Å². The zero-order valence-corrected chi connectivity index (χ0v) is 9.88. The molecule has 2 rings (SSSR count).